The van der Waals surface area contributed by atoms with Crippen molar-refractivity contribution in [1.82, 2.24) is 20.3 Å². The molecule has 1 unspecified atom stereocenters. The second-order valence-corrected chi connectivity index (χ2v) is 12.8. The normalized spacial score (nSPS) is 24.1. The van der Waals surface area contributed by atoms with Crippen molar-refractivity contribution in [2.45, 2.75) is 147 Å². The number of rotatable bonds is 5. The van der Waals surface area contributed by atoms with Crippen molar-refractivity contribution in [3.05, 3.63) is 35.7 Å². The van der Waals surface area contributed by atoms with Crippen molar-refractivity contribution in [2.75, 3.05) is 5.32 Å². The first-order valence-corrected chi connectivity index (χ1v) is 16.7. The average molecular weight is 562 g/mol. The van der Waals surface area contributed by atoms with E-state index in [1.165, 1.54) is 70.6 Å². The summed E-state index contributed by atoms with van der Waals surface area (Å²) in [5, 5.41) is 17.8. The number of aliphatic hydroxyl groups is 1. The van der Waals surface area contributed by atoms with E-state index in [1.807, 2.05) is 0 Å². The number of amides is 1. The van der Waals surface area contributed by atoms with Gasteiger partial charge in [-0.15, -0.1) is 0 Å². The number of carbonyl (C=O) groups excluding carboxylic acids is 1. The summed E-state index contributed by atoms with van der Waals surface area (Å²) in [5.74, 6) is 1.58. The number of carbonyl (C=O) groups is 1. The number of hydrogen-bond donors (Lipinski definition) is 3. The van der Waals surface area contributed by atoms with Gasteiger partial charge in [-0.2, -0.15) is 4.98 Å². The van der Waals surface area contributed by atoms with Crippen molar-refractivity contribution < 1.29 is 9.90 Å². The van der Waals surface area contributed by atoms with E-state index >= 15 is 0 Å². The third-order valence-electron chi connectivity index (χ3n) is 9.57. The van der Waals surface area contributed by atoms with E-state index in [1.54, 1.807) is 6.33 Å². The Kier molecular flexibility index (Phi) is 11.4. The molecule has 2 atom stereocenters. The summed E-state index contributed by atoms with van der Waals surface area (Å²) in [7, 11) is 0. The van der Waals surface area contributed by atoms with Crippen molar-refractivity contribution in [3.8, 4) is 11.4 Å². The fraction of sp³-hybridized carbons (Fsp3) is 0.706. The van der Waals surface area contributed by atoms with E-state index in [-0.39, 0.29) is 17.9 Å². The summed E-state index contributed by atoms with van der Waals surface area (Å²) in [5.41, 5.74) is 3.13. The van der Waals surface area contributed by atoms with Crippen LogP contribution in [0, 0.1) is 5.92 Å². The number of nitrogens with zero attached hydrogens (tertiary/aromatic N) is 3. The first kappa shape index (κ1) is 29.9. The summed E-state index contributed by atoms with van der Waals surface area (Å²) in [6, 6.07) is 6.64. The second kappa shape index (κ2) is 15.6. The third-order valence-corrected chi connectivity index (χ3v) is 9.57. The van der Waals surface area contributed by atoms with Crippen LogP contribution in [-0.4, -0.2) is 38.1 Å². The number of anilines is 1. The lowest BCUT2D eigenvalue weighted by Gasteiger charge is -2.24. The van der Waals surface area contributed by atoms with Gasteiger partial charge in [-0.1, -0.05) is 95.6 Å². The highest BCUT2D eigenvalue weighted by molar-refractivity contribution is 5.79. The lowest BCUT2D eigenvalue weighted by molar-refractivity contribution is -0.126. The molecule has 224 valence electrons. The molecule has 2 fully saturated rings. The molecule has 0 bridgehead atoms. The molecule has 1 amide bonds. The van der Waals surface area contributed by atoms with Gasteiger partial charge in [-0.25, -0.2) is 9.97 Å². The first-order chi connectivity index (χ1) is 20.2. The zero-order valence-electron chi connectivity index (χ0n) is 25.0. The fourth-order valence-electron chi connectivity index (χ4n) is 7.11. The molecule has 41 heavy (non-hydrogen) atoms. The molecule has 3 N–H and O–H groups in total. The van der Waals surface area contributed by atoms with Gasteiger partial charge in [-0.05, 0) is 62.1 Å². The van der Waals surface area contributed by atoms with Crippen molar-refractivity contribution in [1.29, 1.82) is 0 Å². The van der Waals surface area contributed by atoms with Gasteiger partial charge in [0.05, 0.1) is 12.1 Å². The first-order valence-electron chi connectivity index (χ1n) is 16.7. The number of aliphatic hydroxyl groups excluding tert-OH is 1. The quantitative estimate of drug-likeness (QED) is 0.328. The molecule has 5 rings (SSSR count). The number of hydrogen-bond acceptors (Lipinski definition) is 6. The fourth-order valence-corrected chi connectivity index (χ4v) is 7.11. The maximum absolute atomic E-state index is 13.5. The lowest BCUT2D eigenvalue weighted by atomic mass is 9.90. The molecule has 0 saturated heterocycles. The number of aromatic nitrogens is 3. The Morgan fingerprint density at radius 1 is 0.756 bits per heavy atom. The van der Waals surface area contributed by atoms with E-state index in [0.717, 1.165) is 61.6 Å². The smallest absolute Gasteiger partial charge is 0.226 e. The van der Waals surface area contributed by atoms with Gasteiger partial charge in [0.15, 0.2) is 5.82 Å². The Balaban J connectivity index is 1.29. The van der Waals surface area contributed by atoms with Crippen molar-refractivity contribution in [2.24, 2.45) is 5.92 Å². The van der Waals surface area contributed by atoms with Crippen LogP contribution in [0.25, 0.3) is 11.4 Å². The molecule has 3 aliphatic carbocycles. The summed E-state index contributed by atoms with van der Waals surface area (Å²) >= 11 is 0. The molecule has 0 radical (unpaired) electrons. The van der Waals surface area contributed by atoms with Gasteiger partial charge in [0.2, 0.25) is 11.9 Å². The zero-order valence-corrected chi connectivity index (χ0v) is 25.0. The van der Waals surface area contributed by atoms with Gasteiger partial charge in [0.25, 0.3) is 0 Å². The Morgan fingerprint density at radius 3 is 2.07 bits per heavy atom. The highest BCUT2D eigenvalue weighted by atomic mass is 16.3. The van der Waals surface area contributed by atoms with Crippen LogP contribution in [-0.2, 0) is 11.2 Å². The molecule has 1 heterocycles. The Morgan fingerprint density at radius 2 is 1.39 bits per heavy atom. The van der Waals surface area contributed by atoms with Crippen LogP contribution in [0.3, 0.4) is 0 Å². The largest absolute Gasteiger partial charge is 0.393 e. The average Bonchev–Trinajstić information content (AvgIpc) is 3.04. The van der Waals surface area contributed by atoms with E-state index in [4.69, 9.17) is 4.98 Å². The molecule has 7 nitrogen and oxygen atoms in total. The van der Waals surface area contributed by atoms with E-state index in [0.29, 0.717) is 30.7 Å². The summed E-state index contributed by atoms with van der Waals surface area (Å²) in [4.78, 5) is 27.2. The Bertz CT molecular complexity index is 1090. The van der Waals surface area contributed by atoms with Gasteiger partial charge in [0, 0.05) is 17.5 Å². The van der Waals surface area contributed by atoms with Gasteiger partial charge >= 0.3 is 0 Å². The highest BCUT2D eigenvalue weighted by Crippen LogP contribution is 2.33. The summed E-state index contributed by atoms with van der Waals surface area (Å²) < 4.78 is 0. The number of nitrogens with one attached hydrogen (secondary N) is 2. The van der Waals surface area contributed by atoms with Crippen LogP contribution in [0.15, 0.2) is 24.5 Å². The lowest BCUT2D eigenvalue weighted by Crippen LogP contribution is -2.34. The topological polar surface area (TPSA) is 100 Å². The van der Waals surface area contributed by atoms with Crippen LogP contribution in [0.5, 0.6) is 0 Å². The molecule has 0 aliphatic heterocycles. The Labute approximate surface area is 246 Å². The van der Waals surface area contributed by atoms with E-state index < -0.39 is 6.10 Å². The molecule has 7 heteroatoms. The predicted octanol–water partition coefficient (Wildman–Crippen LogP) is 7.45. The van der Waals surface area contributed by atoms with Gasteiger partial charge in [0.1, 0.15) is 6.33 Å². The number of benzene rings is 1. The minimum atomic E-state index is -0.418. The molecule has 2 saturated carbocycles. The van der Waals surface area contributed by atoms with Crippen LogP contribution in [0.2, 0.25) is 0 Å². The highest BCUT2D eigenvalue weighted by Gasteiger charge is 2.27. The maximum Gasteiger partial charge on any atom is 0.226 e. The molecule has 3 aliphatic rings. The Hall–Kier alpha value is -2.54. The maximum atomic E-state index is 13.5. The van der Waals surface area contributed by atoms with E-state index in [9.17, 15) is 9.90 Å². The second-order valence-electron chi connectivity index (χ2n) is 12.8. The van der Waals surface area contributed by atoms with Crippen LogP contribution >= 0.6 is 0 Å². The molecule has 2 aromatic rings. The molecule has 1 aromatic heterocycles. The van der Waals surface area contributed by atoms with Crippen LogP contribution in [0.1, 0.15) is 139 Å². The SMILES string of the molecule is O=C(N[C@@H]1CCC(O)Cc2cc(-c3ncnc(NC4CCCCCCCC4)n3)ccc21)C1CCCCCCCCC1. The summed E-state index contributed by atoms with van der Waals surface area (Å²) in [6.07, 6.45) is 24.0. The van der Waals surface area contributed by atoms with Crippen molar-refractivity contribution in [3.63, 3.8) is 0 Å². The molecular weight excluding hydrogens is 510 g/mol. The summed E-state index contributed by atoms with van der Waals surface area (Å²) in [6.45, 7) is 0. The van der Waals surface area contributed by atoms with Crippen LogP contribution in [0.4, 0.5) is 5.95 Å². The van der Waals surface area contributed by atoms with Gasteiger partial charge in [-0.3, -0.25) is 4.79 Å². The zero-order chi connectivity index (χ0) is 28.3. The third kappa shape index (κ3) is 8.97. The van der Waals surface area contributed by atoms with Gasteiger partial charge < -0.3 is 15.7 Å². The van der Waals surface area contributed by atoms with Crippen molar-refractivity contribution >= 4 is 11.9 Å². The molecule has 1 aromatic carbocycles. The minimum Gasteiger partial charge on any atom is -0.393 e. The monoisotopic (exact) mass is 561 g/mol. The molecule has 0 spiro atoms. The molecular formula is C34H51N5O2. The van der Waals surface area contributed by atoms with Crippen LogP contribution < -0.4 is 10.6 Å². The predicted molar refractivity (Wildman–Crippen MR) is 164 cm³/mol. The van der Waals surface area contributed by atoms with E-state index in [2.05, 4.69) is 38.8 Å². The number of fused-ring (bicyclic) bond motifs is 1. The minimum absolute atomic E-state index is 0.0712. The standard InChI is InChI=1S/C34H51N5O2/c40-29-19-21-31(38-33(41)25-14-10-6-2-1-3-7-11-15-25)30-20-18-26(22-27(30)23-29)32-35-24-36-34(39-32)37-28-16-12-8-4-5-9-13-17-28/h18,20,22,24-25,28-29,31,40H,1-17,19,21,23H2,(H,38,41)(H,35,36,37,39)/t29?,31-/m1/s1.